The van der Waals surface area contributed by atoms with Crippen LogP contribution in [0.2, 0.25) is 0 Å². The lowest BCUT2D eigenvalue weighted by atomic mass is 9.97. The van der Waals surface area contributed by atoms with Gasteiger partial charge >= 0.3 is 0 Å². The summed E-state index contributed by atoms with van der Waals surface area (Å²) in [5.41, 5.74) is 3.99. The zero-order valence-electron chi connectivity index (χ0n) is 12.9. The minimum absolute atomic E-state index is 0.173. The Kier molecular flexibility index (Phi) is 3.16. The molecule has 0 saturated heterocycles. The highest BCUT2D eigenvalue weighted by molar-refractivity contribution is 14.1. The fourth-order valence-electron chi connectivity index (χ4n) is 3.55. The molecule has 5 nitrogen and oxygen atoms in total. The molecule has 1 amide bonds. The van der Waals surface area contributed by atoms with Gasteiger partial charge in [-0.05, 0) is 53.6 Å². The predicted molar refractivity (Wildman–Crippen MR) is 99.1 cm³/mol. The first kappa shape index (κ1) is 14.4. The number of halogens is 1. The Hall–Kier alpha value is -1.96. The first-order valence-electron chi connectivity index (χ1n) is 8.12. The van der Waals surface area contributed by atoms with Crippen LogP contribution in [0.1, 0.15) is 30.0 Å². The van der Waals surface area contributed by atoms with E-state index in [4.69, 9.17) is 4.98 Å². The van der Waals surface area contributed by atoms with Crippen LogP contribution in [-0.4, -0.2) is 26.3 Å². The minimum Gasteiger partial charge on any atom is -0.308 e. The topological polar surface area (TPSA) is 50.5 Å². The van der Waals surface area contributed by atoms with Crippen molar-refractivity contribution in [3.63, 3.8) is 0 Å². The summed E-state index contributed by atoms with van der Waals surface area (Å²) in [5.74, 6) is 0.0288. The molecule has 5 rings (SSSR count). The molecule has 120 valence electrons. The van der Waals surface area contributed by atoms with E-state index in [0.717, 1.165) is 39.1 Å². The maximum absolute atomic E-state index is 13.0. The Morgan fingerprint density at radius 1 is 1.25 bits per heavy atom. The normalized spacial score (nSPS) is 20.0. The molecule has 3 aromatic heterocycles. The standard InChI is InChI=1S/C18H15IN4O/c19-17-14(21-16-3-1-2-8-22(16)17)9-12-13-10-20-7-6-15(13)23(18(12)24)11-4-5-11/h1-3,6-8,10-12H,4-5,9H2. The SMILES string of the molecule is O=C1C(Cc2nc3ccccn3c2I)c2cnccc2N1C1CC1. The summed E-state index contributed by atoms with van der Waals surface area (Å²) in [6.45, 7) is 0. The van der Waals surface area contributed by atoms with E-state index < -0.39 is 0 Å². The molecule has 2 aliphatic rings. The molecule has 1 aliphatic heterocycles. The van der Waals surface area contributed by atoms with Crippen LogP contribution in [0.15, 0.2) is 42.9 Å². The summed E-state index contributed by atoms with van der Waals surface area (Å²) in [5, 5.41) is 0. The molecule has 1 unspecified atom stereocenters. The van der Waals surface area contributed by atoms with E-state index in [1.807, 2.05) is 41.6 Å². The van der Waals surface area contributed by atoms with Crippen molar-refractivity contribution >= 4 is 39.8 Å². The lowest BCUT2D eigenvalue weighted by Crippen LogP contribution is -2.31. The zero-order valence-corrected chi connectivity index (χ0v) is 15.1. The molecule has 4 heterocycles. The molecule has 24 heavy (non-hydrogen) atoms. The molecule has 1 fully saturated rings. The molecule has 1 atom stereocenters. The molecule has 0 radical (unpaired) electrons. The monoisotopic (exact) mass is 430 g/mol. The fourth-order valence-corrected chi connectivity index (χ4v) is 4.30. The summed E-state index contributed by atoms with van der Waals surface area (Å²) < 4.78 is 3.14. The van der Waals surface area contributed by atoms with Crippen LogP contribution in [0.25, 0.3) is 5.65 Å². The van der Waals surface area contributed by atoms with Gasteiger partial charge in [0, 0.05) is 36.6 Å². The summed E-state index contributed by atoms with van der Waals surface area (Å²) >= 11 is 2.32. The highest BCUT2D eigenvalue weighted by atomic mass is 127. The molecule has 6 heteroatoms. The largest absolute Gasteiger partial charge is 0.308 e. The second kappa shape index (κ2) is 5.27. The van der Waals surface area contributed by atoms with Gasteiger partial charge in [-0.2, -0.15) is 0 Å². The van der Waals surface area contributed by atoms with Crippen LogP contribution in [0.4, 0.5) is 5.69 Å². The molecule has 1 saturated carbocycles. The van der Waals surface area contributed by atoms with Crippen molar-refractivity contribution in [1.82, 2.24) is 14.4 Å². The lowest BCUT2D eigenvalue weighted by molar-refractivity contribution is -0.119. The number of anilines is 1. The number of nitrogens with zero attached hydrogens (tertiary/aromatic N) is 4. The number of fused-ring (bicyclic) bond motifs is 2. The van der Waals surface area contributed by atoms with E-state index in [2.05, 4.69) is 32.0 Å². The van der Waals surface area contributed by atoms with Gasteiger partial charge in [-0.25, -0.2) is 4.98 Å². The van der Waals surface area contributed by atoms with Crippen LogP contribution in [0.3, 0.4) is 0 Å². The third kappa shape index (κ3) is 2.08. The Morgan fingerprint density at radius 2 is 2.12 bits per heavy atom. The van der Waals surface area contributed by atoms with E-state index in [9.17, 15) is 4.79 Å². The number of rotatable bonds is 3. The molecule has 0 aromatic carbocycles. The fraction of sp³-hybridized carbons (Fsp3) is 0.278. The summed E-state index contributed by atoms with van der Waals surface area (Å²) in [4.78, 5) is 24.0. The van der Waals surface area contributed by atoms with Gasteiger partial charge in [-0.3, -0.25) is 14.2 Å². The molecule has 0 N–H and O–H groups in total. The van der Waals surface area contributed by atoms with Gasteiger partial charge in [0.25, 0.3) is 0 Å². The molecular weight excluding hydrogens is 415 g/mol. The number of amides is 1. The van der Waals surface area contributed by atoms with Crippen molar-refractivity contribution in [2.24, 2.45) is 0 Å². The molecule has 3 aromatic rings. The van der Waals surface area contributed by atoms with E-state index in [0.29, 0.717) is 12.5 Å². The van der Waals surface area contributed by atoms with E-state index in [1.165, 1.54) is 0 Å². The van der Waals surface area contributed by atoms with Gasteiger partial charge in [-0.1, -0.05) is 6.07 Å². The first-order chi connectivity index (χ1) is 11.7. The Balaban J connectivity index is 1.56. The highest BCUT2D eigenvalue weighted by Gasteiger charge is 2.44. The van der Waals surface area contributed by atoms with Gasteiger partial charge in [0.1, 0.15) is 9.35 Å². The minimum atomic E-state index is -0.173. The van der Waals surface area contributed by atoms with Crippen molar-refractivity contribution in [3.05, 3.63) is 57.8 Å². The lowest BCUT2D eigenvalue weighted by Gasteiger charge is -2.16. The maximum Gasteiger partial charge on any atom is 0.235 e. The van der Waals surface area contributed by atoms with Crippen molar-refractivity contribution < 1.29 is 4.79 Å². The average molecular weight is 430 g/mol. The molecular formula is C18H15IN4O. The van der Waals surface area contributed by atoms with Crippen molar-refractivity contribution in [2.45, 2.75) is 31.2 Å². The molecule has 0 bridgehead atoms. The van der Waals surface area contributed by atoms with E-state index >= 15 is 0 Å². The number of imidazole rings is 1. The van der Waals surface area contributed by atoms with Gasteiger partial charge in [-0.15, -0.1) is 0 Å². The second-order valence-corrected chi connectivity index (χ2v) is 7.43. The van der Waals surface area contributed by atoms with Crippen molar-refractivity contribution in [1.29, 1.82) is 0 Å². The summed E-state index contributed by atoms with van der Waals surface area (Å²) in [7, 11) is 0. The third-order valence-electron chi connectivity index (χ3n) is 4.85. The average Bonchev–Trinajstić information content (AvgIpc) is 3.33. The van der Waals surface area contributed by atoms with Crippen LogP contribution in [0.5, 0.6) is 0 Å². The molecule has 1 aliphatic carbocycles. The molecule has 0 spiro atoms. The quantitative estimate of drug-likeness (QED) is 0.600. The number of aromatic nitrogens is 3. The highest BCUT2D eigenvalue weighted by Crippen LogP contribution is 2.44. The maximum atomic E-state index is 13.0. The van der Waals surface area contributed by atoms with Gasteiger partial charge < -0.3 is 4.90 Å². The van der Waals surface area contributed by atoms with E-state index in [1.54, 1.807) is 6.20 Å². The number of pyridine rings is 2. The number of hydrogen-bond acceptors (Lipinski definition) is 3. The predicted octanol–water partition coefficient (Wildman–Crippen LogP) is 3.17. The van der Waals surface area contributed by atoms with Crippen LogP contribution >= 0.6 is 22.6 Å². The number of carbonyl (C=O) groups excluding carboxylic acids is 1. The van der Waals surface area contributed by atoms with Gasteiger partial charge in [0.2, 0.25) is 5.91 Å². The first-order valence-corrected chi connectivity index (χ1v) is 9.20. The Labute approximate surface area is 152 Å². The van der Waals surface area contributed by atoms with E-state index in [-0.39, 0.29) is 11.8 Å². The number of hydrogen-bond donors (Lipinski definition) is 0. The Bertz CT molecular complexity index is 963. The Morgan fingerprint density at radius 3 is 2.92 bits per heavy atom. The van der Waals surface area contributed by atoms with Crippen LogP contribution < -0.4 is 4.90 Å². The number of carbonyl (C=O) groups is 1. The van der Waals surface area contributed by atoms with Crippen LogP contribution in [0, 0.1) is 3.70 Å². The third-order valence-corrected chi connectivity index (χ3v) is 5.99. The smallest absolute Gasteiger partial charge is 0.235 e. The van der Waals surface area contributed by atoms with Crippen molar-refractivity contribution in [2.75, 3.05) is 4.90 Å². The van der Waals surface area contributed by atoms with Gasteiger partial charge in [0.05, 0.1) is 17.3 Å². The second-order valence-electron chi connectivity index (χ2n) is 6.41. The summed E-state index contributed by atoms with van der Waals surface area (Å²) in [6.07, 6.45) is 8.47. The summed E-state index contributed by atoms with van der Waals surface area (Å²) in [6, 6.07) is 8.32. The zero-order chi connectivity index (χ0) is 16.3. The van der Waals surface area contributed by atoms with Crippen LogP contribution in [-0.2, 0) is 11.2 Å². The van der Waals surface area contributed by atoms with Gasteiger partial charge in [0.15, 0.2) is 0 Å². The van der Waals surface area contributed by atoms with Crippen molar-refractivity contribution in [3.8, 4) is 0 Å².